The van der Waals surface area contributed by atoms with Crippen molar-refractivity contribution in [1.82, 2.24) is 14.9 Å². The van der Waals surface area contributed by atoms with Gasteiger partial charge in [0, 0.05) is 53.7 Å². The van der Waals surface area contributed by atoms with Crippen molar-refractivity contribution in [1.29, 1.82) is 0 Å². The highest BCUT2D eigenvalue weighted by atomic mass is 32.1. The molecule has 4 rings (SSSR count). The molecule has 0 aliphatic carbocycles. The van der Waals surface area contributed by atoms with Crippen molar-refractivity contribution in [2.24, 2.45) is 0 Å². The van der Waals surface area contributed by atoms with E-state index in [0.29, 0.717) is 17.6 Å². The van der Waals surface area contributed by atoms with Gasteiger partial charge in [0.1, 0.15) is 10.7 Å². The number of benzene rings is 1. The Morgan fingerprint density at radius 1 is 1.23 bits per heavy atom. The lowest BCUT2D eigenvalue weighted by molar-refractivity contribution is 0.102. The zero-order chi connectivity index (χ0) is 21.1. The number of aromatic nitrogens is 2. The zero-order valence-corrected chi connectivity index (χ0v) is 18.1. The maximum absolute atomic E-state index is 12.6. The van der Waals surface area contributed by atoms with Crippen molar-refractivity contribution in [3.63, 3.8) is 0 Å². The molecule has 156 valence electrons. The van der Waals surface area contributed by atoms with Crippen molar-refractivity contribution in [3.8, 4) is 16.5 Å². The van der Waals surface area contributed by atoms with E-state index in [4.69, 9.17) is 4.74 Å². The summed E-state index contributed by atoms with van der Waals surface area (Å²) in [6.07, 6.45) is 2.86. The third-order valence-electron chi connectivity index (χ3n) is 5.31. The predicted molar refractivity (Wildman–Crippen MR) is 121 cm³/mol. The van der Waals surface area contributed by atoms with Crippen LogP contribution in [0, 0.1) is 0 Å². The van der Waals surface area contributed by atoms with E-state index in [1.807, 2.05) is 18.2 Å². The molecular weight excluding hydrogens is 398 g/mol. The fourth-order valence-electron chi connectivity index (χ4n) is 3.49. The van der Waals surface area contributed by atoms with Gasteiger partial charge in [-0.1, -0.05) is 0 Å². The van der Waals surface area contributed by atoms with Crippen LogP contribution < -0.4 is 15.0 Å². The predicted octanol–water partition coefficient (Wildman–Crippen LogP) is 3.61. The first kappa shape index (κ1) is 20.3. The van der Waals surface area contributed by atoms with E-state index in [2.05, 4.69) is 51.3 Å². The number of thiazole rings is 1. The van der Waals surface area contributed by atoms with Crippen LogP contribution in [0.4, 0.5) is 11.4 Å². The molecule has 1 aromatic carbocycles. The van der Waals surface area contributed by atoms with Crippen LogP contribution in [0.25, 0.3) is 10.6 Å². The van der Waals surface area contributed by atoms with E-state index in [-0.39, 0.29) is 5.91 Å². The number of carbonyl (C=O) groups is 1. The Kier molecular flexibility index (Phi) is 5.96. The number of anilines is 2. The minimum atomic E-state index is -0.222. The number of pyridine rings is 1. The number of rotatable bonds is 6. The van der Waals surface area contributed by atoms with E-state index in [1.54, 1.807) is 24.8 Å². The van der Waals surface area contributed by atoms with Gasteiger partial charge in [-0.3, -0.25) is 4.79 Å². The van der Waals surface area contributed by atoms with Crippen molar-refractivity contribution in [2.45, 2.75) is 12.5 Å². The SMILES string of the molecule is COc1ccc(-c2nc(C(=O)Nc3ccc(N4CCC(N(C)C)C4)cc3)cs2)cn1. The smallest absolute Gasteiger partial charge is 0.275 e. The number of amides is 1. The first-order valence-corrected chi connectivity index (χ1v) is 10.7. The van der Waals surface area contributed by atoms with Crippen molar-refractivity contribution in [3.05, 3.63) is 53.7 Å². The highest BCUT2D eigenvalue weighted by Crippen LogP contribution is 2.26. The topological polar surface area (TPSA) is 70.6 Å². The summed E-state index contributed by atoms with van der Waals surface area (Å²) >= 11 is 1.41. The van der Waals surface area contributed by atoms with E-state index in [0.717, 1.165) is 29.3 Å². The van der Waals surface area contributed by atoms with Gasteiger partial charge >= 0.3 is 0 Å². The van der Waals surface area contributed by atoms with Crippen LogP contribution in [0.1, 0.15) is 16.9 Å². The lowest BCUT2D eigenvalue weighted by Crippen LogP contribution is -2.31. The standard InChI is InChI=1S/C22H25N5O2S/c1-26(2)18-10-11-27(13-18)17-7-5-16(6-8-17)24-21(28)19-14-30-22(25-19)15-4-9-20(29-3)23-12-15/h4-9,12,14,18H,10-11,13H2,1-3H3,(H,24,28). The van der Waals surface area contributed by atoms with Gasteiger partial charge < -0.3 is 19.9 Å². The second-order valence-electron chi connectivity index (χ2n) is 7.48. The molecule has 2 aromatic heterocycles. The Morgan fingerprint density at radius 2 is 2.03 bits per heavy atom. The van der Waals surface area contributed by atoms with E-state index in [1.165, 1.54) is 23.4 Å². The normalized spacial score (nSPS) is 16.1. The minimum Gasteiger partial charge on any atom is -0.481 e. The van der Waals surface area contributed by atoms with E-state index >= 15 is 0 Å². The first-order chi connectivity index (χ1) is 14.5. The van der Waals surface area contributed by atoms with Gasteiger partial charge in [0.15, 0.2) is 0 Å². The van der Waals surface area contributed by atoms with Gasteiger partial charge in [0.2, 0.25) is 5.88 Å². The summed E-state index contributed by atoms with van der Waals surface area (Å²) in [6, 6.07) is 12.2. The van der Waals surface area contributed by atoms with Gasteiger partial charge in [0.25, 0.3) is 5.91 Å². The maximum atomic E-state index is 12.6. The Hall–Kier alpha value is -2.97. The average molecular weight is 424 g/mol. The monoisotopic (exact) mass is 423 g/mol. The molecule has 1 unspecified atom stereocenters. The van der Waals surface area contributed by atoms with Crippen LogP contribution >= 0.6 is 11.3 Å². The maximum Gasteiger partial charge on any atom is 0.275 e. The molecule has 0 spiro atoms. The lowest BCUT2D eigenvalue weighted by atomic mass is 10.2. The molecule has 1 aliphatic rings. The summed E-state index contributed by atoms with van der Waals surface area (Å²) in [5.41, 5.74) is 3.18. The Balaban J connectivity index is 1.39. The number of likely N-dealkylation sites (N-methyl/N-ethyl adjacent to an activating group) is 1. The van der Waals surface area contributed by atoms with Crippen LogP contribution in [-0.4, -0.2) is 61.1 Å². The van der Waals surface area contributed by atoms with Crippen molar-refractivity contribution in [2.75, 3.05) is 44.5 Å². The van der Waals surface area contributed by atoms with Crippen LogP contribution in [0.2, 0.25) is 0 Å². The molecular formula is C22H25N5O2S. The van der Waals surface area contributed by atoms with Crippen LogP contribution in [0.3, 0.4) is 0 Å². The summed E-state index contributed by atoms with van der Waals surface area (Å²) in [7, 11) is 5.83. The lowest BCUT2D eigenvalue weighted by Gasteiger charge is -2.22. The summed E-state index contributed by atoms with van der Waals surface area (Å²) in [5.74, 6) is 0.323. The molecule has 0 saturated carbocycles. The second-order valence-corrected chi connectivity index (χ2v) is 8.34. The molecule has 30 heavy (non-hydrogen) atoms. The fourth-order valence-corrected chi connectivity index (χ4v) is 4.28. The highest BCUT2D eigenvalue weighted by Gasteiger charge is 2.24. The molecule has 3 aromatic rings. The molecule has 8 heteroatoms. The first-order valence-electron chi connectivity index (χ1n) is 9.82. The molecule has 0 radical (unpaired) electrons. The molecule has 1 fully saturated rings. The number of nitrogens with one attached hydrogen (secondary N) is 1. The molecule has 1 saturated heterocycles. The number of hydrogen-bond acceptors (Lipinski definition) is 7. The Labute approximate surface area is 180 Å². The van der Waals surface area contributed by atoms with Gasteiger partial charge in [-0.2, -0.15) is 0 Å². The van der Waals surface area contributed by atoms with Crippen LogP contribution in [0.5, 0.6) is 5.88 Å². The summed E-state index contributed by atoms with van der Waals surface area (Å²) in [6.45, 7) is 2.08. The van der Waals surface area contributed by atoms with E-state index in [9.17, 15) is 4.79 Å². The van der Waals surface area contributed by atoms with Crippen LogP contribution in [-0.2, 0) is 0 Å². The van der Waals surface area contributed by atoms with Gasteiger partial charge in [0.05, 0.1) is 7.11 Å². The molecule has 7 nitrogen and oxygen atoms in total. The molecule has 0 bridgehead atoms. The summed E-state index contributed by atoms with van der Waals surface area (Å²) in [5, 5.41) is 5.43. The quantitative estimate of drug-likeness (QED) is 0.653. The highest BCUT2D eigenvalue weighted by molar-refractivity contribution is 7.13. The Bertz CT molecular complexity index is 1000. The zero-order valence-electron chi connectivity index (χ0n) is 17.3. The number of carbonyl (C=O) groups excluding carboxylic acids is 1. The number of nitrogens with zero attached hydrogens (tertiary/aromatic N) is 4. The van der Waals surface area contributed by atoms with Gasteiger partial charge in [-0.15, -0.1) is 11.3 Å². The third kappa shape index (κ3) is 4.44. The summed E-state index contributed by atoms with van der Waals surface area (Å²) < 4.78 is 5.07. The van der Waals surface area contributed by atoms with Gasteiger partial charge in [-0.25, -0.2) is 9.97 Å². The molecule has 1 atom stereocenters. The van der Waals surface area contributed by atoms with E-state index < -0.39 is 0 Å². The molecule has 1 N–H and O–H groups in total. The number of ether oxygens (including phenoxy) is 1. The van der Waals surface area contributed by atoms with Gasteiger partial charge in [-0.05, 0) is 50.8 Å². The number of methoxy groups -OCH3 is 1. The largest absolute Gasteiger partial charge is 0.481 e. The number of hydrogen-bond donors (Lipinski definition) is 1. The summed E-state index contributed by atoms with van der Waals surface area (Å²) in [4.78, 5) is 25.9. The third-order valence-corrected chi connectivity index (χ3v) is 6.20. The minimum absolute atomic E-state index is 0.222. The second kappa shape index (κ2) is 8.81. The average Bonchev–Trinajstić information content (AvgIpc) is 3.45. The molecule has 1 amide bonds. The van der Waals surface area contributed by atoms with Crippen LogP contribution in [0.15, 0.2) is 48.0 Å². The Morgan fingerprint density at radius 3 is 2.67 bits per heavy atom. The fraction of sp³-hybridized carbons (Fsp3) is 0.318. The molecule has 3 heterocycles. The van der Waals surface area contributed by atoms with Crippen molar-refractivity contribution >= 4 is 28.6 Å². The molecule has 1 aliphatic heterocycles. The van der Waals surface area contributed by atoms with Crippen molar-refractivity contribution < 1.29 is 9.53 Å².